The Labute approximate surface area is 159 Å². The molecular weight excluding hydrogens is 338 g/mol. The van der Waals surface area contributed by atoms with Crippen LogP contribution in [0.1, 0.15) is 19.8 Å². The molecule has 5 heteroatoms. The lowest BCUT2D eigenvalue weighted by molar-refractivity contribution is -0.148. The molecule has 3 heterocycles. The maximum absolute atomic E-state index is 12.2. The van der Waals surface area contributed by atoms with E-state index in [0.29, 0.717) is 13.2 Å². The molecule has 1 atom stereocenters. The molecule has 1 aliphatic heterocycles. The van der Waals surface area contributed by atoms with Gasteiger partial charge in [0.15, 0.2) is 0 Å². The van der Waals surface area contributed by atoms with Crippen molar-refractivity contribution in [3.05, 3.63) is 54.9 Å². The highest BCUT2D eigenvalue weighted by molar-refractivity contribution is 5.94. The quantitative estimate of drug-likeness (QED) is 0.656. The van der Waals surface area contributed by atoms with E-state index in [2.05, 4.69) is 34.1 Å². The molecule has 0 saturated carbocycles. The van der Waals surface area contributed by atoms with E-state index in [-0.39, 0.29) is 11.9 Å². The van der Waals surface area contributed by atoms with Crippen molar-refractivity contribution in [2.45, 2.75) is 19.8 Å². The summed E-state index contributed by atoms with van der Waals surface area (Å²) in [5, 5.41) is 1.10. The van der Waals surface area contributed by atoms with Crippen LogP contribution in [0.15, 0.2) is 54.9 Å². The molecule has 0 spiro atoms. The first-order valence-corrected chi connectivity index (χ1v) is 9.48. The van der Waals surface area contributed by atoms with Gasteiger partial charge in [0.1, 0.15) is 5.82 Å². The predicted molar refractivity (Wildman–Crippen MR) is 107 cm³/mol. The van der Waals surface area contributed by atoms with Crippen LogP contribution in [-0.2, 0) is 9.53 Å². The molecule has 1 fully saturated rings. The third-order valence-electron chi connectivity index (χ3n) is 5.06. The lowest BCUT2D eigenvalue weighted by atomic mass is 9.98. The van der Waals surface area contributed by atoms with E-state index < -0.39 is 0 Å². The molecule has 0 bridgehead atoms. The molecule has 0 amide bonds. The van der Waals surface area contributed by atoms with Gasteiger partial charge >= 0.3 is 5.97 Å². The van der Waals surface area contributed by atoms with Crippen LogP contribution in [0.3, 0.4) is 0 Å². The number of aromatic nitrogens is 2. The second-order valence-corrected chi connectivity index (χ2v) is 6.82. The van der Waals surface area contributed by atoms with Gasteiger partial charge < -0.3 is 9.64 Å². The topological polar surface area (TPSA) is 55.3 Å². The Hall–Kier alpha value is -2.95. The molecule has 1 unspecified atom stereocenters. The minimum atomic E-state index is -0.0968. The molecular formula is C22H23N3O2. The minimum absolute atomic E-state index is 0.0772. The Kier molecular flexibility index (Phi) is 5.01. The number of hydrogen-bond donors (Lipinski definition) is 0. The summed E-state index contributed by atoms with van der Waals surface area (Å²) in [6.07, 6.45) is 5.44. The number of anilines is 1. The standard InChI is InChI=1S/C22H23N3O2/c1-2-27-22(26)18-6-4-14-25(15-18)20-9-8-17-5-3-7-19(21(17)24-20)16-10-12-23-13-11-16/h3,5,7-13,18H,2,4,6,14-15H2,1H3. The molecule has 2 aromatic heterocycles. The number of pyridine rings is 2. The first kappa shape index (κ1) is 17.5. The fraction of sp³-hybridized carbons (Fsp3) is 0.318. The predicted octanol–water partition coefficient (Wildman–Crippen LogP) is 4.08. The maximum atomic E-state index is 12.2. The average molecular weight is 361 g/mol. The van der Waals surface area contributed by atoms with E-state index >= 15 is 0 Å². The number of rotatable bonds is 4. The van der Waals surface area contributed by atoms with Crippen molar-refractivity contribution in [1.82, 2.24) is 9.97 Å². The van der Waals surface area contributed by atoms with E-state index in [0.717, 1.165) is 47.2 Å². The fourth-order valence-corrected chi connectivity index (χ4v) is 3.72. The molecule has 0 radical (unpaired) electrons. The highest BCUT2D eigenvalue weighted by Gasteiger charge is 2.27. The largest absolute Gasteiger partial charge is 0.466 e. The van der Waals surface area contributed by atoms with E-state index in [1.54, 1.807) is 12.4 Å². The summed E-state index contributed by atoms with van der Waals surface area (Å²) < 4.78 is 5.22. The van der Waals surface area contributed by atoms with E-state index in [1.165, 1.54) is 0 Å². The first-order chi connectivity index (χ1) is 13.3. The van der Waals surface area contributed by atoms with Gasteiger partial charge in [-0.1, -0.05) is 18.2 Å². The Morgan fingerprint density at radius 2 is 2.04 bits per heavy atom. The lowest BCUT2D eigenvalue weighted by Crippen LogP contribution is -2.39. The molecule has 1 aliphatic rings. The van der Waals surface area contributed by atoms with Gasteiger partial charge in [0.05, 0.1) is 18.0 Å². The number of benzene rings is 1. The molecule has 27 heavy (non-hydrogen) atoms. The zero-order chi connectivity index (χ0) is 18.6. The number of nitrogens with zero attached hydrogens (tertiary/aromatic N) is 3. The van der Waals surface area contributed by atoms with Gasteiger partial charge in [-0.2, -0.15) is 0 Å². The Bertz CT molecular complexity index is 943. The van der Waals surface area contributed by atoms with Crippen molar-refractivity contribution >= 4 is 22.7 Å². The molecule has 3 aromatic rings. The fourth-order valence-electron chi connectivity index (χ4n) is 3.72. The summed E-state index contributed by atoms with van der Waals surface area (Å²) >= 11 is 0. The van der Waals surface area contributed by atoms with E-state index in [1.807, 2.05) is 25.1 Å². The van der Waals surface area contributed by atoms with Gasteiger partial charge in [0.25, 0.3) is 0 Å². The summed E-state index contributed by atoms with van der Waals surface area (Å²) in [7, 11) is 0. The van der Waals surface area contributed by atoms with Crippen LogP contribution in [-0.4, -0.2) is 35.6 Å². The smallest absolute Gasteiger partial charge is 0.310 e. The van der Waals surface area contributed by atoms with Crippen molar-refractivity contribution in [3.63, 3.8) is 0 Å². The molecule has 0 aliphatic carbocycles. The van der Waals surface area contributed by atoms with Crippen LogP contribution in [0.2, 0.25) is 0 Å². The zero-order valence-electron chi connectivity index (χ0n) is 15.5. The monoisotopic (exact) mass is 361 g/mol. The highest BCUT2D eigenvalue weighted by Crippen LogP contribution is 2.30. The van der Waals surface area contributed by atoms with Crippen LogP contribution < -0.4 is 4.90 Å². The SMILES string of the molecule is CCOC(=O)C1CCCN(c2ccc3cccc(-c4ccncc4)c3n2)C1. The number of fused-ring (bicyclic) bond motifs is 1. The summed E-state index contributed by atoms with van der Waals surface area (Å²) in [6.45, 7) is 3.85. The average Bonchev–Trinajstić information content (AvgIpc) is 2.74. The molecule has 1 saturated heterocycles. The van der Waals surface area contributed by atoms with Gasteiger partial charge in [-0.15, -0.1) is 0 Å². The summed E-state index contributed by atoms with van der Waals surface area (Å²) in [5.74, 6) is 0.741. The molecule has 1 aromatic carbocycles. The number of esters is 1. The lowest BCUT2D eigenvalue weighted by Gasteiger charge is -2.32. The maximum Gasteiger partial charge on any atom is 0.310 e. The summed E-state index contributed by atoms with van der Waals surface area (Å²) in [6, 6.07) is 14.4. The van der Waals surface area contributed by atoms with Crippen molar-refractivity contribution in [3.8, 4) is 11.1 Å². The summed E-state index contributed by atoms with van der Waals surface area (Å²) in [5.41, 5.74) is 3.17. The van der Waals surface area contributed by atoms with Crippen LogP contribution in [0, 0.1) is 5.92 Å². The Balaban J connectivity index is 1.68. The third-order valence-corrected chi connectivity index (χ3v) is 5.06. The highest BCUT2D eigenvalue weighted by atomic mass is 16.5. The number of piperidine rings is 1. The van der Waals surface area contributed by atoms with Crippen LogP contribution in [0.5, 0.6) is 0 Å². The van der Waals surface area contributed by atoms with Gasteiger partial charge in [0, 0.05) is 36.4 Å². The Morgan fingerprint density at radius 1 is 1.19 bits per heavy atom. The minimum Gasteiger partial charge on any atom is -0.466 e. The van der Waals surface area contributed by atoms with Crippen LogP contribution >= 0.6 is 0 Å². The molecule has 4 rings (SSSR count). The van der Waals surface area contributed by atoms with Gasteiger partial charge in [-0.3, -0.25) is 9.78 Å². The third kappa shape index (κ3) is 3.63. The number of ether oxygens (including phenoxy) is 1. The number of carbonyl (C=O) groups excluding carboxylic acids is 1. The second kappa shape index (κ2) is 7.74. The van der Waals surface area contributed by atoms with Crippen LogP contribution in [0.4, 0.5) is 5.82 Å². The zero-order valence-corrected chi connectivity index (χ0v) is 15.5. The summed E-state index contributed by atoms with van der Waals surface area (Å²) in [4.78, 5) is 23.4. The van der Waals surface area contributed by atoms with Gasteiger partial charge in [0.2, 0.25) is 0 Å². The first-order valence-electron chi connectivity index (χ1n) is 9.48. The van der Waals surface area contributed by atoms with Crippen molar-refractivity contribution < 1.29 is 9.53 Å². The van der Waals surface area contributed by atoms with Crippen molar-refractivity contribution in [2.24, 2.45) is 5.92 Å². The van der Waals surface area contributed by atoms with E-state index in [9.17, 15) is 4.79 Å². The van der Waals surface area contributed by atoms with Gasteiger partial charge in [-0.05, 0) is 49.6 Å². The number of carbonyl (C=O) groups is 1. The van der Waals surface area contributed by atoms with Gasteiger partial charge in [-0.25, -0.2) is 4.98 Å². The molecule has 0 N–H and O–H groups in total. The van der Waals surface area contributed by atoms with E-state index in [4.69, 9.17) is 9.72 Å². The van der Waals surface area contributed by atoms with Crippen LogP contribution in [0.25, 0.3) is 22.0 Å². The molecule has 138 valence electrons. The number of para-hydroxylation sites is 1. The van der Waals surface area contributed by atoms with Crippen molar-refractivity contribution in [1.29, 1.82) is 0 Å². The number of hydrogen-bond acceptors (Lipinski definition) is 5. The Morgan fingerprint density at radius 3 is 2.85 bits per heavy atom. The molecule has 5 nitrogen and oxygen atoms in total. The second-order valence-electron chi connectivity index (χ2n) is 6.82. The van der Waals surface area contributed by atoms with Crippen molar-refractivity contribution in [2.75, 3.05) is 24.6 Å². The normalized spacial score (nSPS) is 17.1.